The molecule has 0 fully saturated rings. The van der Waals surface area contributed by atoms with Crippen molar-refractivity contribution in [2.45, 2.75) is 64.6 Å². The highest BCUT2D eigenvalue weighted by atomic mass is 16.5. The minimum absolute atomic E-state index is 0.00271. The molecule has 0 unspecified atom stereocenters. The fourth-order valence-corrected chi connectivity index (χ4v) is 4.52. The van der Waals surface area contributed by atoms with Crippen molar-refractivity contribution >= 4 is 5.91 Å². The van der Waals surface area contributed by atoms with Crippen LogP contribution in [-0.2, 0) is 16.8 Å². The van der Waals surface area contributed by atoms with E-state index in [1.165, 1.54) is 0 Å². The van der Waals surface area contributed by atoms with Crippen molar-refractivity contribution in [3.8, 4) is 11.5 Å². The first kappa shape index (κ1) is 27.3. The third-order valence-corrected chi connectivity index (χ3v) is 5.85. The van der Waals surface area contributed by atoms with E-state index < -0.39 is 5.54 Å². The lowest BCUT2D eigenvalue weighted by Crippen LogP contribution is -2.53. The summed E-state index contributed by atoms with van der Waals surface area (Å²) >= 11 is 0. The monoisotopic (exact) mass is 488 g/mol. The van der Waals surface area contributed by atoms with Crippen molar-refractivity contribution in [2.75, 3.05) is 14.2 Å². The van der Waals surface area contributed by atoms with Gasteiger partial charge in [0, 0.05) is 11.1 Å². The van der Waals surface area contributed by atoms with Gasteiger partial charge in [-0.05, 0) is 88.1 Å². The number of rotatable bonds is 8. The van der Waals surface area contributed by atoms with Crippen molar-refractivity contribution < 1.29 is 14.3 Å². The molecule has 0 saturated heterocycles. The SMILES string of the molecule is COc1ccc(C(NC(C)(C)C)(c2ccc(OC)cc2)c2cccc(CC(=O)NC(C)(C)C)c2)cc1. The summed E-state index contributed by atoms with van der Waals surface area (Å²) in [6.45, 7) is 12.5. The summed E-state index contributed by atoms with van der Waals surface area (Å²) in [6, 6.07) is 24.6. The molecule has 0 aliphatic carbocycles. The van der Waals surface area contributed by atoms with Crippen LogP contribution in [-0.4, -0.2) is 31.2 Å². The number of carbonyl (C=O) groups is 1. The molecule has 3 aromatic carbocycles. The van der Waals surface area contributed by atoms with Gasteiger partial charge in [-0.3, -0.25) is 10.1 Å². The third-order valence-electron chi connectivity index (χ3n) is 5.85. The smallest absolute Gasteiger partial charge is 0.224 e. The van der Waals surface area contributed by atoms with Crippen LogP contribution in [0.15, 0.2) is 72.8 Å². The van der Waals surface area contributed by atoms with E-state index in [0.717, 1.165) is 33.8 Å². The highest BCUT2D eigenvalue weighted by Gasteiger charge is 2.39. The quantitative estimate of drug-likeness (QED) is 0.391. The fraction of sp³-hybridized carbons (Fsp3) is 0.387. The Morgan fingerprint density at radius 1 is 0.694 bits per heavy atom. The number of hydrogen-bond donors (Lipinski definition) is 2. The Bertz CT molecular complexity index is 1110. The van der Waals surface area contributed by atoms with Crippen LogP contribution in [0.2, 0.25) is 0 Å². The number of hydrogen-bond acceptors (Lipinski definition) is 4. The summed E-state index contributed by atoms with van der Waals surface area (Å²) < 4.78 is 10.9. The van der Waals surface area contributed by atoms with E-state index in [4.69, 9.17) is 9.47 Å². The van der Waals surface area contributed by atoms with Gasteiger partial charge in [0.1, 0.15) is 11.5 Å². The molecule has 0 atom stereocenters. The number of ether oxygens (including phenoxy) is 2. The first-order chi connectivity index (χ1) is 16.9. The third kappa shape index (κ3) is 6.67. The van der Waals surface area contributed by atoms with E-state index in [9.17, 15) is 4.79 Å². The summed E-state index contributed by atoms with van der Waals surface area (Å²) in [5, 5.41) is 7.00. The molecule has 0 radical (unpaired) electrons. The summed E-state index contributed by atoms with van der Waals surface area (Å²) in [7, 11) is 3.34. The van der Waals surface area contributed by atoms with Gasteiger partial charge in [0.15, 0.2) is 0 Å². The molecular weight excluding hydrogens is 448 g/mol. The van der Waals surface area contributed by atoms with E-state index in [1.807, 2.05) is 57.2 Å². The zero-order valence-corrected chi connectivity index (χ0v) is 22.9. The van der Waals surface area contributed by atoms with Crippen molar-refractivity contribution in [2.24, 2.45) is 0 Å². The maximum atomic E-state index is 12.7. The Balaban J connectivity index is 2.23. The second-order valence-corrected chi connectivity index (χ2v) is 11.3. The standard InChI is InChI=1S/C31H40N2O3/c1-29(2,3)32-28(34)21-22-10-9-11-25(20-22)31(33-30(4,5)6,23-12-16-26(35-7)17-13-23)24-14-18-27(36-8)19-15-24/h9-20,33H,21H2,1-8H3,(H,32,34). The molecule has 1 amide bonds. The molecule has 3 rings (SSSR count). The fourth-order valence-electron chi connectivity index (χ4n) is 4.52. The van der Waals surface area contributed by atoms with Crippen LogP contribution >= 0.6 is 0 Å². The lowest BCUT2D eigenvalue weighted by Gasteiger charge is -2.42. The Labute approximate surface area is 216 Å². The Kier molecular flexibility index (Phi) is 8.15. The highest BCUT2D eigenvalue weighted by Crippen LogP contribution is 2.40. The largest absolute Gasteiger partial charge is 0.497 e. The molecule has 36 heavy (non-hydrogen) atoms. The average molecular weight is 489 g/mol. The molecule has 0 saturated carbocycles. The van der Waals surface area contributed by atoms with Crippen LogP contribution in [0.1, 0.15) is 63.8 Å². The van der Waals surface area contributed by atoms with Gasteiger partial charge in [0.25, 0.3) is 0 Å². The highest BCUT2D eigenvalue weighted by molar-refractivity contribution is 5.79. The van der Waals surface area contributed by atoms with Crippen LogP contribution in [0.4, 0.5) is 0 Å². The molecule has 0 aromatic heterocycles. The molecular formula is C31H40N2O3. The van der Waals surface area contributed by atoms with Crippen molar-refractivity contribution in [3.63, 3.8) is 0 Å². The van der Waals surface area contributed by atoms with E-state index in [1.54, 1.807) is 14.2 Å². The minimum atomic E-state index is -0.687. The van der Waals surface area contributed by atoms with Crippen LogP contribution < -0.4 is 20.1 Å². The number of benzene rings is 3. The first-order valence-electron chi connectivity index (χ1n) is 12.4. The molecule has 5 nitrogen and oxygen atoms in total. The van der Waals surface area contributed by atoms with Gasteiger partial charge in [0.05, 0.1) is 26.2 Å². The normalized spacial score (nSPS) is 12.2. The Hall–Kier alpha value is -3.31. The van der Waals surface area contributed by atoms with Gasteiger partial charge in [-0.2, -0.15) is 0 Å². The van der Waals surface area contributed by atoms with Gasteiger partial charge in [-0.25, -0.2) is 0 Å². The maximum absolute atomic E-state index is 12.7. The lowest BCUT2D eigenvalue weighted by atomic mass is 9.75. The summed E-state index contributed by atoms with van der Waals surface area (Å²) in [4.78, 5) is 12.7. The van der Waals surface area contributed by atoms with Crippen LogP contribution in [0.3, 0.4) is 0 Å². The van der Waals surface area contributed by atoms with Gasteiger partial charge >= 0.3 is 0 Å². The number of amides is 1. The minimum Gasteiger partial charge on any atom is -0.497 e. The Morgan fingerprint density at radius 3 is 1.61 bits per heavy atom. The van der Waals surface area contributed by atoms with Gasteiger partial charge in [-0.15, -0.1) is 0 Å². The molecule has 5 heteroatoms. The average Bonchev–Trinajstić information content (AvgIpc) is 2.81. The lowest BCUT2D eigenvalue weighted by molar-refractivity contribution is -0.121. The maximum Gasteiger partial charge on any atom is 0.224 e. The summed E-state index contributed by atoms with van der Waals surface area (Å²) in [5.41, 5.74) is 2.94. The van der Waals surface area contributed by atoms with E-state index in [-0.39, 0.29) is 17.0 Å². The molecule has 0 heterocycles. The van der Waals surface area contributed by atoms with Crippen molar-refractivity contribution in [3.05, 3.63) is 95.1 Å². The predicted octanol–water partition coefficient (Wildman–Crippen LogP) is 5.84. The zero-order chi connectivity index (χ0) is 26.6. The molecule has 0 spiro atoms. The Morgan fingerprint density at radius 2 is 1.19 bits per heavy atom. The van der Waals surface area contributed by atoms with Gasteiger partial charge in [0.2, 0.25) is 5.91 Å². The summed E-state index contributed by atoms with van der Waals surface area (Å²) in [6.07, 6.45) is 0.307. The topological polar surface area (TPSA) is 59.6 Å². The van der Waals surface area contributed by atoms with Crippen molar-refractivity contribution in [1.29, 1.82) is 0 Å². The number of nitrogens with one attached hydrogen (secondary N) is 2. The number of methoxy groups -OCH3 is 2. The molecule has 0 aliphatic rings. The van der Waals surface area contributed by atoms with E-state index in [0.29, 0.717) is 6.42 Å². The summed E-state index contributed by atoms with van der Waals surface area (Å²) in [5.74, 6) is 1.60. The van der Waals surface area contributed by atoms with Gasteiger partial charge in [-0.1, -0.05) is 48.5 Å². The van der Waals surface area contributed by atoms with Crippen LogP contribution in [0.25, 0.3) is 0 Å². The zero-order valence-electron chi connectivity index (χ0n) is 22.9. The van der Waals surface area contributed by atoms with Gasteiger partial charge < -0.3 is 14.8 Å². The molecule has 0 aliphatic heterocycles. The van der Waals surface area contributed by atoms with Crippen LogP contribution in [0, 0.1) is 0 Å². The predicted molar refractivity (Wildman–Crippen MR) is 147 cm³/mol. The van der Waals surface area contributed by atoms with E-state index in [2.05, 4.69) is 67.8 Å². The molecule has 2 N–H and O–H groups in total. The molecule has 192 valence electrons. The van der Waals surface area contributed by atoms with E-state index >= 15 is 0 Å². The number of carbonyl (C=O) groups excluding carboxylic acids is 1. The molecule has 3 aromatic rings. The molecule has 0 bridgehead atoms. The second-order valence-electron chi connectivity index (χ2n) is 11.3. The first-order valence-corrected chi connectivity index (χ1v) is 12.4. The second kappa shape index (κ2) is 10.8. The van der Waals surface area contributed by atoms with Crippen LogP contribution in [0.5, 0.6) is 11.5 Å². The van der Waals surface area contributed by atoms with Crippen molar-refractivity contribution in [1.82, 2.24) is 10.6 Å².